The van der Waals surface area contributed by atoms with Crippen LogP contribution < -0.4 is 5.14 Å². The molecule has 1 aromatic carbocycles. The molecule has 2 rings (SSSR count). The highest BCUT2D eigenvalue weighted by Crippen LogP contribution is 2.21. The standard InChI is InChI=1S/C12H14N4O4S/c1-8-3-4-9(2)10(5-8)6-15-7-11(21(13,19)20)12(14-15)16(17)18/h3-5,7H,6H2,1-2H3,(H2,13,19,20). The van der Waals surface area contributed by atoms with Crippen LogP contribution in [0.2, 0.25) is 0 Å². The van der Waals surface area contributed by atoms with Crippen molar-refractivity contribution in [2.75, 3.05) is 0 Å². The smallest absolute Gasteiger partial charge is 0.358 e. The Morgan fingerprint density at radius 3 is 2.57 bits per heavy atom. The molecule has 0 amide bonds. The Labute approximate surface area is 121 Å². The average Bonchev–Trinajstić information content (AvgIpc) is 2.78. The van der Waals surface area contributed by atoms with Crippen LogP contribution in [-0.2, 0) is 16.6 Å². The van der Waals surface area contributed by atoms with Crippen LogP contribution in [0.25, 0.3) is 0 Å². The van der Waals surface area contributed by atoms with E-state index in [1.807, 2.05) is 32.0 Å². The fourth-order valence-electron chi connectivity index (χ4n) is 1.95. The van der Waals surface area contributed by atoms with E-state index in [0.29, 0.717) is 0 Å². The largest absolute Gasteiger partial charge is 0.410 e. The molecule has 0 aliphatic heterocycles. The number of hydrogen-bond donors (Lipinski definition) is 1. The molecule has 0 saturated carbocycles. The van der Waals surface area contributed by atoms with Crippen molar-refractivity contribution in [2.45, 2.75) is 25.3 Å². The predicted octanol–water partition coefficient (Wildman–Crippen LogP) is 1.10. The molecular weight excluding hydrogens is 296 g/mol. The van der Waals surface area contributed by atoms with E-state index in [9.17, 15) is 18.5 Å². The number of hydrogen-bond acceptors (Lipinski definition) is 5. The Balaban J connectivity index is 2.47. The zero-order valence-corrected chi connectivity index (χ0v) is 12.3. The summed E-state index contributed by atoms with van der Waals surface area (Å²) < 4.78 is 23.9. The highest BCUT2D eigenvalue weighted by Gasteiger charge is 2.28. The number of aromatic nitrogens is 2. The van der Waals surface area contributed by atoms with Crippen molar-refractivity contribution in [2.24, 2.45) is 5.14 Å². The van der Waals surface area contributed by atoms with Crippen molar-refractivity contribution in [3.05, 3.63) is 51.2 Å². The average molecular weight is 310 g/mol. The summed E-state index contributed by atoms with van der Waals surface area (Å²) in [6.45, 7) is 4.04. The van der Waals surface area contributed by atoms with Crippen molar-refractivity contribution in [1.29, 1.82) is 0 Å². The highest BCUT2D eigenvalue weighted by atomic mass is 32.2. The van der Waals surface area contributed by atoms with Gasteiger partial charge in [-0.3, -0.25) is 0 Å². The molecule has 9 heteroatoms. The number of sulfonamides is 1. The van der Waals surface area contributed by atoms with Crippen molar-refractivity contribution >= 4 is 15.8 Å². The SMILES string of the molecule is Cc1ccc(C)c(Cn2cc(S(N)(=O)=O)c([N+](=O)[O-])n2)c1. The lowest BCUT2D eigenvalue weighted by molar-refractivity contribution is -0.392. The zero-order chi connectivity index (χ0) is 15.8. The van der Waals surface area contributed by atoms with Gasteiger partial charge in [0, 0.05) is 0 Å². The summed E-state index contributed by atoms with van der Waals surface area (Å²) in [6.07, 6.45) is 1.08. The van der Waals surface area contributed by atoms with Gasteiger partial charge < -0.3 is 10.1 Å². The minimum Gasteiger partial charge on any atom is -0.358 e. The highest BCUT2D eigenvalue weighted by molar-refractivity contribution is 7.89. The van der Waals surface area contributed by atoms with Gasteiger partial charge in [0.15, 0.2) is 0 Å². The summed E-state index contributed by atoms with van der Waals surface area (Å²) in [4.78, 5) is 9.42. The van der Waals surface area contributed by atoms with E-state index in [2.05, 4.69) is 5.10 Å². The lowest BCUT2D eigenvalue weighted by atomic mass is 10.1. The maximum absolute atomic E-state index is 11.4. The Morgan fingerprint density at radius 2 is 2.05 bits per heavy atom. The van der Waals surface area contributed by atoms with Crippen LogP contribution in [0.15, 0.2) is 29.3 Å². The first-order valence-electron chi connectivity index (χ1n) is 5.99. The number of nitro groups is 1. The fraction of sp³-hybridized carbons (Fsp3) is 0.250. The first-order valence-corrected chi connectivity index (χ1v) is 7.54. The third-order valence-electron chi connectivity index (χ3n) is 3.03. The predicted molar refractivity (Wildman–Crippen MR) is 75.3 cm³/mol. The van der Waals surface area contributed by atoms with Gasteiger partial charge in [0.2, 0.25) is 14.9 Å². The molecular formula is C12H14N4O4S. The maximum atomic E-state index is 11.4. The fourth-order valence-corrected chi connectivity index (χ4v) is 2.58. The van der Waals surface area contributed by atoms with E-state index in [1.165, 1.54) is 4.68 Å². The van der Waals surface area contributed by atoms with E-state index < -0.39 is 25.7 Å². The second kappa shape index (κ2) is 5.26. The second-order valence-corrected chi connectivity index (χ2v) is 6.28. The van der Waals surface area contributed by atoms with Crippen molar-refractivity contribution in [3.63, 3.8) is 0 Å². The number of nitrogens with zero attached hydrogens (tertiary/aromatic N) is 3. The van der Waals surface area contributed by atoms with Crippen molar-refractivity contribution in [1.82, 2.24) is 9.78 Å². The Morgan fingerprint density at radius 1 is 1.38 bits per heavy atom. The van der Waals surface area contributed by atoms with Gasteiger partial charge in [0.1, 0.15) is 0 Å². The minimum absolute atomic E-state index is 0.226. The molecule has 0 saturated heterocycles. The number of nitrogens with two attached hydrogens (primary N) is 1. The summed E-state index contributed by atoms with van der Waals surface area (Å²) in [5.74, 6) is -0.761. The van der Waals surface area contributed by atoms with Crippen LogP contribution in [0, 0.1) is 24.0 Å². The number of aryl methyl sites for hydroxylation is 2. The summed E-state index contributed by atoms with van der Waals surface area (Å²) in [5.41, 5.74) is 2.91. The molecule has 112 valence electrons. The molecule has 0 aliphatic carbocycles. The monoisotopic (exact) mass is 310 g/mol. The van der Waals surface area contributed by atoms with E-state index >= 15 is 0 Å². The molecule has 0 spiro atoms. The molecule has 8 nitrogen and oxygen atoms in total. The lowest BCUT2D eigenvalue weighted by Gasteiger charge is -2.04. The van der Waals surface area contributed by atoms with Crippen molar-refractivity contribution < 1.29 is 13.3 Å². The van der Waals surface area contributed by atoms with E-state index in [0.717, 1.165) is 22.9 Å². The molecule has 0 unspecified atom stereocenters. The Hall–Kier alpha value is -2.26. The molecule has 0 radical (unpaired) electrons. The third kappa shape index (κ3) is 3.26. The van der Waals surface area contributed by atoms with Crippen LogP contribution in [0.3, 0.4) is 0 Å². The second-order valence-electron chi connectivity index (χ2n) is 4.75. The van der Waals surface area contributed by atoms with E-state index in [4.69, 9.17) is 5.14 Å². The van der Waals surface area contributed by atoms with Gasteiger partial charge in [-0.25, -0.2) is 13.6 Å². The molecule has 2 N–H and O–H groups in total. The molecule has 0 fully saturated rings. The molecule has 0 bridgehead atoms. The Bertz CT molecular complexity index is 811. The molecule has 2 aromatic rings. The number of benzene rings is 1. The molecule has 21 heavy (non-hydrogen) atoms. The first kappa shape index (κ1) is 15.1. The van der Waals surface area contributed by atoms with Gasteiger partial charge in [-0.05, 0) is 29.9 Å². The number of rotatable bonds is 4. The summed E-state index contributed by atoms with van der Waals surface area (Å²) in [6, 6.07) is 5.78. The topological polar surface area (TPSA) is 121 Å². The summed E-state index contributed by atoms with van der Waals surface area (Å²) in [5, 5.41) is 19.5. The van der Waals surface area contributed by atoms with Crippen molar-refractivity contribution in [3.8, 4) is 0 Å². The van der Waals surface area contributed by atoms with E-state index in [-0.39, 0.29) is 6.54 Å². The first-order chi connectivity index (χ1) is 9.68. The third-order valence-corrected chi connectivity index (χ3v) is 3.93. The van der Waals surface area contributed by atoms with E-state index in [1.54, 1.807) is 0 Å². The quantitative estimate of drug-likeness (QED) is 0.669. The van der Waals surface area contributed by atoms with Gasteiger partial charge in [0.25, 0.3) is 0 Å². The van der Waals surface area contributed by atoms with Crippen LogP contribution in [0.5, 0.6) is 0 Å². The summed E-state index contributed by atoms with van der Waals surface area (Å²) >= 11 is 0. The van der Waals surface area contributed by atoms with Crippen LogP contribution in [0.4, 0.5) is 5.82 Å². The van der Waals surface area contributed by atoms with Crippen LogP contribution >= 0.6 is 0 Å². The molecule has 1 heterocycles. The molecule has 0 atom stereocenters. The van der Waals surface area contributed by atoms with Crippen LogP contribution in [-0.4, -0.2) is 23.1 Å². The van der Waals surface area contributed by atoms with Gasteiger partial charge in [-0.1, -0.05) is 23.8 Å². The van der Waals surface area contributed by atoms with Crippen LogP contribution in [0.1, 0.15) is 16.7 Å². The van der Waals surface area contributed by atoms with Gasteiger partial charge >= 0.3 is 5.82 Å². The maximum Gasteiger partial charge on any atom is 0.410 e. The normalized spacial score (nSPS) is 11.6. The minimum atomic E-state index is -4.19. The van der Waals surface area contributed by atoms with Gasteiger partial charge in [0.05, 0.1) is 17.8 Å². The Kier molecular flexibility index (Phi) is 3.79. The molecule has 0 aliphatic rings. The lowest BCUT2D eigenvalue weighted by Crippen LogP contribution is -2.13. The molecule has 1 aromatic heterocycles. The summed E-state index contributed by atoms with van der Waals surface area (Å²) in [7, 11) is -4.19. The number of primary sulfonamides is 1. The van der Waals surface area contributed by atoms with Gasteiger partial charge in [-0.2, -0.15) is 4.68 Å². The zero-order valence-electron chi connectivity index (χ0n) is 11.5. The van der Waals surface area contributed by atoms with Gasteiger partial charge in [-0.15, -0.1) is 0 Å².